The third kappa shape index (κ3) is 7.04. The number of nitrogens with zero attached hydrogens (tertiary/aromatic N) is 1. The number of fused-ring (bicyclic) bond motifs is 1. The summed E-state index contributed by atoms with van der Waals surface area (Å²) in [5.41, 5.74) is 1.59. The van der Waals surface area contributed by atoms with Crippen LogP contribution < -0.4 is 5.32 Å². The maximum absolute atomic E-state index is 12.0. The first-order valence-electron chi connectivity index (χ1n) is 9.35. The van der Waals surface area contributed by atoms with E-state index in [0.717, 1.165) is 23.7 Å². The molecule has 2 aromatic rings. The molecule has 0 bridgehead atoms. The molecule has 1 N–H and O–H groups in total. The fraction of sp³-hybridized carbons (Fsp3) is 0.476. The highest BCUT2D eigenvalue weighted by atomic mass is 16.2. The van der Waals surface area contributed by atoms with Gasteiger partial charge in [0.25, 0.3) is 0 Å². The Morgan fingerprint density at radius 3 is 2.56 bits per heavy atom. The molecule has 0 unspecified atom stereocenters. The number of benzene rings is 1. The van der Waals surface area contributed by atoms with Crippen LogP contribution in [0, 0.1) is 0 Å². The zero-order chi connectivity index (χ0) is 17.9. The van der Waals surface area contributed by atoms with Gasteiger partial charge in [-0.25, -0.2) is 0 Å². The molecule has 0 saturated heterocycles. The molecule has 0 radical (unpaired) electrons. The summed E-state index contributed by atoms with van der Waals surface area (Å²) in [4.78, 5) is 28.2. The van der Waals surface area contributed by atoms with Gasteiger partial charge in [0, 0.05) is 23.7 Å². The van der Waals surface area contributed by atoms with Crippen molar-refractivity contribution in [1.82, 2.24) is 4.98 Å². The van der Waals surface area contributed by atoms with Crippen molar-refractivity contribution < 1.29 is 9.59 Å². The Labute approximate surface area is 150 Å². The topological polar surface area (TPSA) is 59.1 Å². The number of rotatable bonds is 11. The molecule has 0 atom stereocenters. The van der Waals surface area contributed by atoms with Crippen LogP contribution in [0.4, 0.5) is 5.69 Å². The number of carbonyl (C=O) groups is 2. The molecule has 0 aliphatic carbocycles. The highest BCUT2D eigenvalue weighted by Gasteiger charge is 2.10. The zero-order valence-electron chi connectivity index (χ0n) is 15.1. The van der Waals surface area contributed by atoms with Crippen molar-refractivity contribution in [1.29, 1.82) is 0 Å². The summed E-state index contributed by atoms with van der Waals surface area (Å²) in [6.45, 7) is 2.21. The average molecular weight is 340 g/mol. The second-order valence-electron chi connectivity index (χ2n) is 6.55. The normalized spacial score (nSPS) is 10.8. The van der Waals surface area contributed by atoms with E-state index in [-0.39, 0.29) is 18.1 Å². The lowest BCUT2D eigenvalue weighted by Crippen LogP contribution is -2.16. The number of ketones is 1. The minimum Gasteiger partial charge on any atom is -0.326 e. The number of hydrogen-bond acceptors (Lipinski definition) is 3. The van der Waals surface area contributed by atoms with Gasteiger partial charge in [-0.3, -0.25) is 14.6 Å². The van der Waals surface area contributed by atoms with E-state index in [1.165, 1.54) is 32.1 Å². The first-order valence-corrected chi connectivity index (χ1v) is 9.35. The standard InChI is InChI=1S/C21H28N2O2/c1-2-3-4-5-6-7-8-11-19(24)16-21(25)23-18-12-13-20-17(15-18)10-9-14-22-20/h9-10,12-15H,2-8,11,16H2,1H3,(H,23,25). The fourth-order valence-electron chi connectivity index (χ4n) is 2.91. The summed E-state index contributed by atoms with van der Waals surface area (Å²) in [5, 5.41) is 3.77. The molecular formula is C21H28N2O2. The first-order chi connectivity index (χ1) is 12.2. The lowest BCUT2D eigenvalue weighted by Gasteiger charge is -2.06. The van der Waals surface area contributed by atoms with Crippen molar-refractivity contribution in [2.24, 2.45) is 0 Å². The summed E-state index contributed by atoms with van der Waals surface area (Å²) in [7, 11) is 0. The van der Waals surface area contributed by atoms with Crippen LogP contribution in [0.25, 0.3) is 10.9 Å². The molecular weight excluding hydrogens is 312 g/mol. The molecule has 0 aliphatic rings. The first kappa shape index (κ1) is 19.1. The van der Waals surface area contributed by atoms with Crippen LogP contribution in [0.3, 0.4) is 0 Å². The smallest absolute Gasteiger partial charge is 0.231 e. The van der Waals surface area contributed by atoms with Crippen LogP contribution in [0.15, 0.2) is 36.5 Å². The number of nitrogens with one attached hydrogen (secondary N) is 1. The Hall–Kier alpha value is -2.23. The molecule has 25 heavy (non-hydrogen) atoms. The van der Waals surface area contributed by atoms with E-state index in [4.69, 9.17) is 0 Å². The predicted octanol–water partition coefficient (Wildman–Crippen LogP) is 5.27. The minimum atomic E-state index is -0.240. The van der Waals surface area contributed by atoms with Gasteiger partial charge in [-0.2, -0.15) is 0 Å². The summed E-state index contributed by atoms with van der Waals surface area (Å²) >= 11 is 0. The number of hydrogen-bond donors (Lipinski definition) is 1. The maximum Gasteiger partial charge on any atom is 0.231 e. The van der Waals surface area contributed by atoms with Crippen LogP contribution >= 0.6 is 0 Å². The summed E-state index contributed by atoms with van der Waals surface area (Å²) in [5.74, 6) is -0.218. The van der Waals surface area contributed by atoms with Crippen molar-refractivity contribution in [3.8, 4) is 0 Å². The average Bonchev–Trinajstić information content (AvgIpc) is 2.60. The lowest BCUT2D eigenvalue weighted by molar-refractivity contribution is -0.125. The monoisotopic (exact) mass is 340 g/mol. The van der Waals surface area contributed by atoms with Crippen molar-refractivity contribution in [2.75, 3.05) is 5.32 Å². The Balaban J connectivity index is 1.67. The minimum absolute atomic E-state index is 0.0218. The molecule has 134 valence electrons. The maximum atomic E-state index is 12.0. The third-order valence-corrected chi connectivity index (χ3v) is 4.30. The molecule has 4 heteroatoms. The Kier molecular flexibility index (Phi) is 8.10. The zero-order valence-corrected chi connectivity index (χ0v) is 15.1. The van der Waals surface area contributed by atoms with Gasteiger partial charge in [0.1, 0.15) is 5.78 Å². The van der Waals surface area contributed by atoms with E-state index in [1.807, 2.05) is 30.3 Å². The van der Waals surface area contributed by atoms with Crippen molar-refractivity contribution in [3.05, 3.63) is 36.5 Å². The number of Topliss-reactive ketones (excluding diaryl/α,β-unsaturated/α-hetero) is 1. The van der Waals surface area contributed by atoms with Crippen molar-refractivity contribution in [3.63, 3.8) is 0 Å². The Bertz CT molecular complexity index is 697. The molecule has 2 rings (SSSR count). The van der Waals surface area contributed by atoms with E-state index >= 15 is 0 Å². The number of anilines is 1. The van der Waals surface area contributed by atoms with Crippen LogP contribution in [0.2, 0.25) is 0 Å². The van der Waals surface area contributed by atoms with Gasteiger partial charge in [0.05, 0.1) is 11.9 Å². The molecule has 1 aromatic heterocycles. The van der Waals surface area contributed by atoms with Crippen LogP contribution in [-0.2, 0) is 9.59 Å². The number of carbonyl (C=O) groups excluding carboxylic acids is 2. The molecule has 0 saturated carbocycles. The largest absolute Gasteiger partial charge is 0.326 e. The molecule has 1 heterocycles. The number of aromatic nitrogens is 1. The quantitative estimate of drug-likeness (QED) is 0.447. The van der Waals surface area contributed by atoms with Gasteiger partial charge in [-0.05, 0) is 30.7 Å². The van der Waals surface area contributed by atoms with E-state index in [1.54, 1.807) is 6.20 Å². The van der Waals surface area contributed by atoms with Crippen LogP contribution in [0.1, 0.15) is 64.7 Å². The highest BCUT2D eigenvalue weighted by molar-refractivity contribution is 6.04. The summed E-state index contributed by atoms with van der Waals surface area (Å²) < 4.78 is 0. The molecule has 1 aromatic carbocycles. The number of amides is 1. The SMILES string of the molecule is CCCCCCCCCC(=O)CC(=O)Nc1ccc2ncccc2c1. The molecule has 0 spiro atoms. The summed E-state index contributed by atoms with van der Waals surface area (Å²) in [6.07, 6.45) is 10.4. The second-order valence-corrected chi connectivity index (χ2v) is 6.55. The Morgan fingerprint density at radius 2 is 1.76 bits per heavy atom. The molecule has 1 amide bonds. The van der Waals surface area contributed by atoms with Crippen molar-refractivity contribution >= 4 is 28.3 Å². The molecule has 4 nitrogen and oxygen atoms in total. The van der Waals surface area contributed by atoms with E-state index in [0.29, 0.717) is 12.1 Å². The molecule has 0 fully saturated rings. The number of pyridine rings is 1. The van der Waals surface area contributed by atoms with Crippen molar-refractivity contribution in [2.45, 2.75) is 64.7 Å². The van der Waals surface area contributed by atoms with Gasteiger partial charge in [-0.1, -0.05) is 51.5 Å². The summed E-state index contributed by atoms with van der Waals surface area (Å²) in [6, 6.07) is 9.36. The Morgan fingerprint density at radius 1 is 1.00 bits per heavy atom. The fourth-order valence-corrected chi connectivity index (χ4v) is 2.91. The lowest BCUT2D eigenvalue weighted by atomic mass is 10.1. The highest BCUT2D eigenvalue weighted by Crippen LogP contribution is 2.17. The van der Waals surface area contributed by atoms with Gasteiger partial charge in [0.15, 0.2) is 0 Å². The van der Waals surface area contributed by atoms with E-state index in [9.17, 15) is 9.59 Å². The van der Waals surface area contributed by atoms with Crippen LogP contribution in [-0.4, -0.2) is 16.7 Å². The predicted molar refractivity (Wildman–Crippen MR) is 103 cm³/mol. The van der Waals surface area contributed by atoms with Gasteiger partial charge in [-0.15, -0.1) is 0 Å². The van der Waals surface area contributed by atoms with Gasteiger partial charge >= 0.3 is 0 Å². The van der Waals surface area contributed by atoms with Crippen LogP contribution in [0.5, 0.6) is 0 Å². The van der Waals surface area contributed by atoms with E-state index in [2.05, 4.69) is 17.2 Å². The third-order valence-electron chi connectivity index (χ3n) is 4.30. The second kappa shape index (κ2) is 10.6. The molecule has 0 aliphatic heterocycles. The number of unbranched alkanes of at least 4 members (excludes halogenated alkanes) is 6. The van der Waals surface area contributed by atoms with Gasteiger partial charge < -0.3 is 5.32 Å². The van der Waals surface area contributed by atoms with E-state index < -0.39 is 0 Å². The van der Waals surface area contributed by atoms with Gasteiger partial charge in [0.2, 0.25) is 5.91 Å².